The van der Waals surface area contributed by atoms with Crippen molar-refractivity contribution in [1.82, 2.24) is 30.2 Å². The third kappa shape index (κ3) is 3.81. The fourth-order valence-corrected chi connectivity index (χ4v) is 5.57. The van der Waals surface area contributed by atoms with Crippen LogP contribution in [0.3, 0.4) is 0 Å². The Morgan fingerprint density at radius 1 is 1.15 bits per heavy atom. The number of nitrogens with one attached hydrogen (secondary N) is 2. The van der Waals surface area contributed by atoms with Gasteiger partial charge in [-0.15, -0.1) is 11.3 Å². The van der Waals surface area contributed by atoms with Gasteiger partial charge in [0.1, 0.15) is 22.3 Å². The summed E-state index contributed by atoms with van der Waals surface area (Å²) in [6, 6.07) is 9.02. The van der Waals surface area contributed by atoms with Crippen LogP contribution in [0.25, 0.3) is 20.9 Å². The van der Waals surface area contributed by atoms with Crippen LogP contribution in [0.1, 0.15) is 37.4 Å². The first kappa shape index (κ1) is 20.4. The van der Waals surface area contributed by atoms with Crippen molar-refractivity contribution in [3.05, 3.63) is 47.9 Å². The van der Waals surface area contributed by atoms with Crippen molar-refractivity contribution < 1.29 is 0 Å². The third-order valence-electron chi connectivity index (χ3n) is 6.38. The summed E-state index contributed by atoms with van der Waals surface area (Å²) in [6.07, 6.45) is 4.84. The molecule has 6 heterocycles. The van der Waals surface area contributed by atoms with Crippen LogP contribution in [-0.2, 0) is 0 Å². The van der Waals surface area contributed by atoms with E-state index in [1.807, 2.05) is 24.4 Å². The van der Waals surface area contributed by atoms with Gasteiger partial charge in [-0.3, -0.25) is 4.98 Å². The number of piperazine rings is 1. The molecule has 0 aliphatic carbocycles. The summed E-state index contributed by atoms with van der Waals surface area (Å²) in [5, 5.41) is 7.86. The zero-order valence-corrected chi connectivity index (χ0v) is 19.7. The number of nitrogens with zero attached hydrogens (tertiary/aromatic N) is 6. The van der Waals surface area contributed by atoms with E-state index in [2.05, 4.69) is 52.3 Å². The smallest absolute Gasteiger partial charge is 0.227 e. The van der Waals surface area contributed by atoms with Gasteiger partial charge in [0.15, 0.2) is 0 Å². The van der Waals surface area contributed by atoms with E-state index < -0.39 is 0 Å². The normalized spacial score (nSPS) is 19.7. The molecule has 2 aliphatic heterocycles. The van der Waals surface area contributed by atoms with Crippen molar-refractivity contribution in [3.8, 4) is 10.7 Å². The molecule has 2 bridgehead atoms. The van der Waals surface area contributed by atoms with Crippen LogP contribution in [0, 0.1) is 6.92 Å². The first-order chi connectivity index (χ1) is 16.0. The summed E-state index contributed by atoms with van der Waals surface area (Å²) in [6.45, 7) is 8.34. The van der Waals surface area contributed by atoms with E-state index >= 15 is 0 Å². The van der Waals surface area contributed by atoms with Crippen LogP contribution in [0.15, 0.2) is 36.7 Å². The van der Waals surface area contributed by atoms with Gasteiger partial charge in [-0.2, -0.15) is 4.98 Å². The minimum atomic E-state index is 0.309. The molecule has 2 saturated heterocycles. The zero-order valence-electron chi connectivity index (χ0n) is 18.9. The number of pyridine rings is 2. The maximum atomic E-state index is 4.88. The summed E-state index contributed by atoms with van der Waals surface area (Å²) in [5.74, 6) is 2.60. The van der Waals surface area contributed by atoms with Crippen molar-refractivity contribution in [2.75, 3.05) is 23.3 Å². The lowest BCUT2D eigenvalue weighted by molar-refractivity contribution is 0.570. The van der Waals surface area contributed by atoms with Gasteiger partial charge >= 0.3 is 0 Å². The van der Waals surface area contributed by atoms with Crippen LogP contribution in [-0.4, -0.2) is 50.1 Å². The summed E-state index contributed by atoms with van der Waals surface area (Å²) < 4.78 is 1.03. The van der Waals surface area contributed by atoms with E-state index in [-0.39, 0.29) is 0 Å². The molecule has 9 heteroatoms. The highest BCUT2D eigenvalue weighted by molar-refractivity contribution is 7.21. The molecule has 0 saturated carbocycles. The lowest BCUT2D eigenvalue weighted by Gasteiger charge is -2.28. The highest BCUT2D eigenvalue weighted by Gasteiger charge is 2.39. The minimum Gasteiger partial charge on any atom is -0.335 e. The van der Waals surface area contributed by atoms with E-state index in [0.29, 0.717) is 18.0 Å². The van der Waals surface area contributed by atoms with E-state index in [4.69, 9.17) is 15.0 Å². The lowest BCUT2D eigenvalue weighted by Crippen LogP contribution is -2.44. The monoisotopic (exact) mass is 458 g/mol. The van der Waals surface area contributed by atoms with Crippen molar-refractivity contribution in [2.45, 2.75) is 45.2 Å². The summed E-state index contributed by atoms with van der Waals surface area (Å²) in [5.41, 5.74) is 3.97. The van der Waals surface area contributed by atoms with Crippen molar-refractivity contribution >= 4 is 39.1 Å². The Hall–Kier alpha value is -3.17. The SMILES string of the molecule is Cc1cccnc1-c1nc2cc(Nc3cc(C(C)C)nc(N4C[C@@H]5C[C@H]4CN5)n3)ncc2s1. The molecule has 8 nitrogen and oxygen atoms in total. The summed E-state index contributed by atoms with van der Waals surface area (Å²) in [7, 11) is 0. The largest absolute Gasteiger partial charge is 0.335 e. The van der Waals surface area contributed by atoms with Gasteiger partial charge < -0.3 is 15.5 Å². The number of aryl methyl sites for hydroxylation is 1. The first-order valence-corrected chi connectivity index (χ1v) is 12.2. The topological polar surface area (TPSA) is 91.8 Å². The second-order valence-corrected chi connectivity index (χ2v) is 10.2. The second-order valence-electron chi connectivity index (χ2n) is 9.13. The van der Waals surface area contributed by atoms with Crippen LogP contribution in [0.4, 0.5) is 17.6 Å². The quantitative estimate of drug-likeness (QED) is 0.458. The van der Waals surface area contributed by atoms with Crippen molar-refractivity contribution in [2.24, 2.45) is 0 Å². The van der Waals surface area contributed by atoms with Gasteiger partial charge in [0.05, 0.1) is 15.9 Å². The molecule has 6 rings (SSSR count). The lowest BCUT2D eigenvalue weighted by atomic mass is 10.1. The molecule has 0 unspecified atom stereocenters. The molecule has 2 fully saturated rings. The maximum absolute atomic E-state index is 4.88. The number of aromatic nitrogens is 5. The Bertz CT molecular complexity index is 1330. The zero-order chi connectivity index (χ0) is 22.5. The van der Waals surface area contributed by atoms with Gasteiger partial charge in [-0.25, -0.2) is 15.0 Å². The van der Waals surface area contributed by atoms with Crippen molar-refractivity contribution in [3.63, 3.8) is 0 Å². The number of hydrogen-bond donors (Lipinski definition) is 2. The van der Waals surface area contributed by atoms with E-state index in [9.17, 15) is 0 Å². The van der Waals surface area contributed by atoms with E-state index in [1.54, 1.807) is 17.5 Å². The molecule has 0 radical (unpaired) electrons. The van der Waals surface area contributed by atoms with E-state index in [0.717, 1.165) is 69.3 Å². The molecular formula is C24H26N8S. The predicted molar refractivity (Wildman–Crippen MR) is 132 cm³/mol. The number of anilines is 3. The molecule has 0 spiro atoms. The average molecular weight is 459 g/mol. The molecule has 2 aliphatic rings. The highest BCUT2D eigenvalue weighted by Crippen LogP contribution is 2.33. The molecule has 2 atom stereocenters. The predicted octanol–water partition coefficient (Wildman–Crippen LogP) is 4.27. The van der Waals surface area contributed by atoms with Gasteiger partial charge in [-0.1, -0.05) is 19.9 Å². The fourth-order valence-electron chi connectivity index (χ4n) is 4.59. The van der Waals surface area contributed by atoms with Crippen LogP contribution in [0.5, 0.6) is 0 Å². The van der Waals surface area contributed by atoms with Gasteiger partial charge in [0, 0.05) is 49.7 Å². The van der Waals surface area contributed by atoms with Crippen LogP contribution >= 0.6 is 11.3 Å². The molecule has 33 heavy (non-hydrogen) atoms. The Morgan fingerprint density at radius 3 is 2.82 bits per heavy atom. The van der Waals surface area contributed by atoms with Crippen LogP contribution < -0.4 is 15.5 Å². The summed E-state index contributed by atoms with van der Waals surface area (Å²) >= 11 is 1.61. The minimum absolute atomic E-state index is 0.309. The Labute approximate surface area is 196 Å². The molecule has 0 amide bonds. The summed E-state index contributed by atoms with van der Waals surface area (Å²) in [4.78, 5) is 26.1. The molecular weight excluding hydrogens is 432 g/mol. The third-order valence-corrected chi connectivity index (χ3v) is 7.40. The number of thiazole rings is 1. The number of fused-ring (bicyclic) bond motifs is 3. The highest BCUT2D eigenvalue weighted by atomic mass is 32.1. The van der Waals surface area contributed by atoms with E-state index in [1.165, 1.54) is 0 Å². The van der Waals surface area contributed by atoms with Crippen LogP contribution in [0.2, 0.25) is 0 Å². The Kier molecular flexibility index (Phi) is 4.95. The molecule has 168 valence electrons. The molecule has 4 aromatic rings. The molecule has 2 N–H and O–H groups in total. The Morgan fingerprint density at radius 2 is 2.06 bits per heavy atom. The number of hydrogen-bond acceptors (Lipinski definition) is 9. The Balaban J connectivity index is 1.32. The molecule has 0 aromatic carbocycles. The molecule has 4 aromatic heterocycles. The first-order valence-electron chi connectivity index (χ1n) is 11.4. The number of rotatable bonds is 5. The maximum Gasteiger partial charge on any atom is 0.227 e. The standard InChI is InChI=1S/C24H26N8S/c1-13(2)17-8-21(31-24(29-17)32-12-15-7-16(32)10-26-15)30-20-9-18-19(11-27-20)33-23(28-18)22-14(3)5-4-6-25-22/h4-6,8-9,11,13,15-16,26H,7,10,12H2,1-3H3,(H,27,29,30,31)/t15-,16-/m0/s1. The fraction of sp³-hybridized carbons (Fsp3) is 0.375. The van der Waals surface area contributed by atoms with Gasteiger partial charge in [0.2, 0.25) is 5.95 Å². The average Bonchev–Trinajstić information content (AvgIpc) is 3.54. The van der Waals surface area contributed by atoms with Crippen molar-refractivity contribution in [1.29, 1.82) is 0 Å². The van der Waals surface area contributed by atoms with Gasteiger partial charge in [-0.05, 0) is 30.9 Å². The second kappa shape index (κ2) is 8.00. The van der Waals surface area contributed by atoms with Gasteiger partial charge in [0.25, 0.3) is 0 Å².